The number of hydrogen-bond donors (Lipinski definition) is 5. The van der Waals surface area contributed by atoms with Gasteiger partial charge in [0.15, 0.2) is 0 Å². The van der Waals surface area contributed by atoms with Gasteiger partial charge >= 0.3 is 0 Å². The van der Waals surface area contributed by atoms with E-state index in [1.54, 1.807) is 6.20 Å². The normalized spacial score (nSPS) is 23.4. The fourth-order valence-electron chi connectivity index (χ4n) is 4.27. The van der Waals surface area contributed by atoms with Crippen molar-refractivity contribution in [3.8, 4) is 10.6 Å². The Morgan fingerprint density at radius 3 is 2.65 bits per heavy atom. The highest BCUT2D eigenvalue weighted by atomic mass is 32.1. The summed E-state index contributed by atoms with van der Waals surface area (Å²) in [6.07, 6.45) is 0.137. The first kappa shape index (κ1) is 24.7. The summed E-state index contributed by atoms with van der Waals surface area (Å²) in [5, 5.41) is 37.8. The molecule has 3 aromatic heterocycles. The molecule has 0 saturated heterocycles. The van der Waals surface area contributed by atoms with E-state index >= 15 is 0 Å². The highest BCUT2D eigenvalue weighted by molar-refractivity contribution is 7.21. The number of aliphatic hydroxyl groups is 3. The highest BCUT2D eigenvalue weighted by Crippen LogP contribution is 2.38. The number of fused-ring (bicyclic) bond motifs is 1. The Morgan fingerprint density at radius 1 is 1.18 bits per heavy atom. The predicted octanol–water partition coefficient (Wildman–Crippen LogP) is 2.12. The molecule has 0 bridgehead atoms. The van der Waals surface area contributed by atoms with Gasteiger partial charge in [0.1, 0.15) is 22.4 Å². The van der Waals surface area contributed by atoms with Crippen molar-refractivity contribution in [2.45, 2.75) is 58.4 Å². The Morgan fingerprint density at radius 2 is 1.97 bits per heavy atom. The second-order valence-corrected chi connectivity index (χ2v) is 9.76. The van der Waals surface area contributed by atoms with Gasteiger partial charge in [-0.3, -0.25) is 4.98 Å². The van der Waals surface area contributed by atoms with Gasteiger partial charge in [-0.15, -0.1) is 11.3 Å². The standard InChI is InChI=1S/C23H32N6O4S/c1-5-33-10-11(2)25-23-26-12(3)17(22-28-18-13(4)24-7-6-16(18)34-22)21(29-23)27-15-8-14(9-30)19(31)20(15)32/h6-7,11,14-15,19-20,30-32H,5,8-10H2,1-4H3,(H2,25,26,27,29)/t11-,14-,15-,19-,20+/m1/s1. The Labute approximate surface area is 202 Å². The summed E-state index contributed by atoms with van der Waals surface area (Å²) in [6, 6.07) is 1.44. The van der Waals surface area contributed by atoms with E-state index in [2.05, 4.69) is 20.6 Å². The molecular weight excluding hydrogens is 456 g/mol. The topological polar surface area (TPSA) is 146 Å². The SMILES string of the molecule is CCOC[C@@H](C)Nc1nc(C)c(-c2nc3c(C)nccc3s2)c(N[C@@H]2C[C@H](CO)[C@@H](O)[C@H]2O)n1. The van der Waals surface area contributed by atoms with Crippen LogP contribution in [0.5, 0.6) is 0 Å². The number of aryl methyl sites for hydroxylation is 2. The summed E-state index contributed by atoms with van der Waals surface area (Å²) in [5.74, 6) is 0.540. The zero-order valence-electron chi connectivity index (χ0n) is 19.8. The van der Waals surface area contributed by atoms with E-state index in [1.807, 2.05) is 33.8 Å². The van der Waals surface area contributed by atoms with E-state index in [9.17, 15) is 15.3 Å². The Bertz CT molecular complexity index is 1140. The highest BCUT2D eigenvalue weighted by Gasteiger charge is 2.41. The van der Waals surface area contributed by atoms with Crippen molar-refractivity contribution in [1.82, 2.24) is 19.9 Å². The predicted molar refractivity (Wildman–Crippen MR) is 132 cm³/mol. The average molecular weight is 489 g/mol. The van der Waals surface area contributed by atoms with Gasteiger partial charge in [-0.05, 0) is 40.2 Å². The van der Waals surface area contributed by atoms with Crippen LogP contribution in [0.4, 0.5) is 11.8 Å². The monoisotopic (exact) mass is 488 g/mol. The van der Waals surface area contributed by atoms with Crippen LogP contribution in [0.2, 0.25) is 0 Å². The molecule has 184 valence electrons. The van der Waals surface area contributed by atoms with Crippen molar-refractivity contribution in [3.63, 3.8) is 0 Å². The summed E-state index contributed by atoms with van der Waals surface area (Å²) < 4.78 is 6.50. The fourth-order valence-corrected chi connectivity index (χ4v) is 5.38. The first-order chi connectivity index (χ1) is 16.3. The summed E-state index contributed by atoms with van der Waals surface area (Å²) in [4.78, 5) is 18.6. The maximum absolute atomic E-state index is 10.6. The third-order valence-corrected chi connectivity index (χ3v) is 7.14. The Hall–Kier alpha value is -2.44. The molecule has 0 amide bonds. The number of aromatic nitrogens is 4. The molecule has 1 fully saturated rings. The van der Waals surface area contributed by atoms with E-state index in [1.165, 1.54) is 11.3 Å². The first-order valence-corrected chi connectivity index (χ1v) is 12.3. The number of ether oxygens (including phenoxy) is 1. The van der Waals surface area contributed by atoms with Gasteiger partial charge in [-0.25, -0.2) is 9.97 Å². The van der Waals surface area contributed by atoms with Gasteiger partial charge in [0.05, 0.1) is 40.4 Å². The van der Waals surface area contributed by atoms with Gasteiger partial charge in [-0.1, -0.05) is 0 Å². The molecule has 0 spiro atoms. The lowest BCUT2D eigenvalue weighted by atomic mass is 10.1. The molecule has 4 rings (SSSR count). The van der Waals surface area contributed by atoms with Gasteiger partial charge in [0.2, 0.25) is 5.95 Å². The van der Waals surface area contributed by atoms with Crippen LogP contribution < -0.4 is 10.6 Å². The molecule has 11 heteroatoms. The number of pyridine rings is 1. The summed E-state index contributed by atoms with van der Waals surface area (Å²) in [6.45, 7) is 8.69. The molecule has 1 aliphatic rings. The summed E-state index contributed by atoms with van der Waals surface area (Å²) in [5.41, 5.74) is 3.13. The second kappa shape index (κ2) is 10.4. The van der Waals surface area contributed by atoms with Crippen molar-refractivity contribution in [2.24, 2.45) is 5.92 Å². The zero-order valence-corrected chi connectivity index (χ0v) is 20.6. The van der Waals surface area contributed by atoms with Gasteiger partial charge in [0, 0.05) is 31.4 Å². The molecule has 0 aromatic carbocycles. The number of nitrogens with one attached hydrogen (secondary N) is 2. The summed E-state index contributed by atoms with van der Waals surface area (Å²) >= 11 is 1.52. The Kier molecular flexibility index (Phi) is 7.58. The number of anilines is 2. The lowest BCUT2D eigenvalue weighted by Crippen LogP contribution is -2.36. The molecule has 5 atom stereocenters. The molecule has 1 aliphatic carbocycles. The van der Waals surface area contributed by atoms with Gasteiger partial charge < -0.3 is 30.7 Å². The lowest BCUT2D eigenvalue weighted by molar-refractivity contribution is 0.00446. The van der Waals surface area contributed by atoms with Crippen LogP contribution in [0.1, 0.15) is 31.7 Å². The minimum absolute atomic E-state index is 0.00751. The second-order valence-electron chi connectivity index (χ2n) is 8.73. The van der Waals surface area contributed by atoms with Crippen molar-refractivity contribution in [3.05, 3.63) is 23.7 Å². The number of thiazole rings is 1. The van der Waals surface area contributed by atoms with E-state index in [4.69, 9.17) is 14.7 Å². The molecule has 3 aromatic rings. The summed E-state index contributed by atoms with van der Waals surface area (Å²) in [7, 11) is 0. The molecule has 0 radical (unpaired) electrons. The van der Waals surface area contributed by atoms with Crippen molar-refractivity contribution >= 4 is 33.3 Å². The molecular formula is C23H32N6O4S. The smallest absolute Gasteiger partial charge is 0.225 e. The lowest BCUT2D eigenvalue weighted by Gasteiger charge is -2.22. The van der Waals surface area contributed by atoms with Crippen molar-refractivity contribution in [2.75, 3.05) is 30.5 Å². The molecule has 3 heterocycles. The Balaban J connectivity index is 1.74. The molecule has 34 heavy (non-hydrogen) atoms. The largest absolute Gasteiger partial charge is 0.396 e. The van der Waals surface area contributed by atoms with E-state index in [-0.39, 0.29) is 12.6 Å². The zero-order chi connectivity index (χ0) is 24.4. The molecule has 5 N–H and O–H groups in total. The first-order valence-electron chi connectivity index (χ1n) is 11.5. The maximum Gasteiger partial charge on any atom is 0.225 e. The van der Waals surface area contributed by atoms with Crippen LogP contribution in [0, 0.1) is 19.8 Å². The quantitative estimate of drug-likeness (QED) is 0.303. The third-order valence-electron chi connectivity index (χ3n) is 6.10. The third kappa shape index (κ3) is 4.98. The van der Waals surface area contributed by atoms with Crippen molar-refractivity contribution < 1.29 is 20.1 Å². The van der Waals surface area contributed by atoms with Crippen LogP contribution in [0.3, 0.4) is 0 Å². The molecule has 10 nitrogen and oxygen atoms in total. The maximum atomic E-state index is 10.6. The fraction of sp³-hybridized carbons (Fsp3) is 0.565. The van der Waals surface area contributed by atoms with E-state index < -0.39 is 24.2 Å². The number of aliphatic hydroxyl groups excluding tert-OH is 3. The van der Waals surface area contributed by atoms with Crippen LogP contribution in [0.25, 0.3) is 20.8 Å². The van der Waals surface area contributed by atoms with Crippen molar-refractivity contribution in [1.29, 1.82) is 0 Å². The average Bonchev–Trinajstić information content (AvgIpc) is 3.34. The number of hydrogen-bond acceptors (Lipinski definition) is 11. The van der Waals surface area contributed by atoms with Gasteiger partial charge in [-0.2, -0.15) is 4.98 Å². The number of nitrogens with zero attached hydrogens (tertiary/aromatic N) is 4. The van der Waals surface area contributed by atoms with E-state index in [0.29, 0.717) is 31.4 Å². The van der Waals surface area contributed by atoms with E-state index in [0.717, 1.165) is 32.2 Å². The molecule has 0 unspecified atom stereocenters. The number of rotatable bonds is 9. The van der Waals surface area contributed by atoms with Crippen LogP contribution >= 0.6 is 11.3 Å². The molecule has 1 saturated carbocycles. The van der Waals surface area contributed by atoms with Crippen LogP contribution in [-0.4, -0.2) is 79.4 Å². The van der Waals surface area contributed by atoms with Crippen LogP contribution in [0.15, 0.2) is 12.3 Å². The minimum Gasteiger partial charge on any atom is -0.396 e. The molecule has 0 aliphatic heterocycles. The van der Waals surface area contributed by atoms with Gasteiger partial charge in [0.25, 0.3) is 0 Å². The van der Waals surface area contributed by atoms with Crippen LogP contribution in [-0.2, 0) is 4.74 Å². The minimum atomic E-state index is -1.03.